The van der Waals surface area contributed by atoms with E-state index < -0.39 is 26.6 Å². The lowest BCUT2D eigenvalue weighted by Crippen LogP contribution is -2.43. The van der Waals surface area contributed by atoms with E-state index in [1.54, 1.807) is 0 Å². The monoisotopic (exact) mass is 367 g/mol. The molecule has 0 N–H and O–H groups in total. The van der Waals surface area contributed by atoms with Crippen molar-refractivity contribution in [1.82, 2.24) is 4.31 Å². The maximum absolute atomic E-state index is 13.9. The fraction of sp³-hybridized carbons (Fsp3) is 0.538. The molecule has 0 atom stereocenters. The molecule has 1 aliphatic heterocycles. The Balaban J connectivity index is 2.43. The zero-order valence-corrected chi connectivity index (χ0v) is 13.7. The molecule has 0 unspecified atom stereocenters. The molecular weight excluding hydrogens is 352 g/mol. The van der Waals surface area contributed by atoms with E-state index in [4.69, 9.17) is 0 Å². The van der Waals surface area contributed by atoms with Gasteiger partial charge < -0.3 is 0 Å². The third-order valence-corrected chi connectivity index (χ3v) is 5.93. The van der Waals surface area contributed by atoms with Gasteiger partial charge in [-0.15, -0.1) is 0 Å². The third kappa shape index (κ3) is 3.04. The first kappa shape index (κ1) is 15.9. The van der Waals surface area contributed by atoms with Crippen molar-refractivity contribution >= 4 is 26.0 Å². The summed E-state index contributed by atoms with van der Waals surface area (Å²) >= 11 is 2.84. The number of rotatable bonds is 2. The molecule has 7 heteroatoms. The van der Waals surface area contributed by atoms with Gasteiger partial charge in [0.25, 0.3) is 0 Å². The Hall–Kier alpha value is -0.530. The lowest BCUT2D eigenvalue weighted by Gasteiger charge is -2.37. The molecule has 112 valence electrons. The first-order valence-electron chi connectivity index (χ1n) is 6.28. The summed E-state index contributed by atoms with van der Waals surface area (Å²) in [6, 6.07) is 1.58. The van der Waals surface area contributed by atoms with Gasteiger partial charge in [0, 0.05) is 13.1 Å². The molecule has 1 aliphatic rings. The van der Waals surface area contributed by atoms with Crippen molar-refractivity contribution in [1.29, 1.82) is 0 Å². The van der Waals surface area contributed by atoms with Crippen molar-refractivity contribution < 1.29 is 17.2 Å². The second-order valence-electron chi connectivity index (χ2n) is 5.80. The van der Waals surface area contributed by atoms with Crippen LogP contribution in [0.3, 0.4) is 0 Å². The number of nitrogens with zero attached hydrogens (tertiary/aromatic N) is 1. The Labute approximate surface area is 126 Å². The van der Waals surface area contributed by atoms with Crippen molar-refractivity contribution in [2.24, 2.45) is 5.41 Å². The normalized spacial score (nSPS) is 20.1. The van der Waals surface area contributed by atoms with Crippen LogP contribution in [0, 0.1) is 17.0 Å². The number of sulfonamides is 1. The summed E-state index contributed by atoms with van der Waals surface area (Å²) in [5, 5.41) is 0. The van der Waals surface area contributed by atoms with Gasteiger partial charge in [0.2, 0.25) is 10.0 Å². The van der Waals surface area contributed by atoms with Gasteiger partial charge in [0.05, 0.1) is 4.47 Å². The van der Waals surface area contributed by atoms with Gasteiger partial charge in [-0.2, -0.15) is 4.31 Å². The molecule has 0 saturated carbocycles. The summed E-state index contributed by atoms with van der Waals surface area (Å²) in [6.07, 6.45) is 1.63. The van der Waals surface area contributed by atoms with E-state index in [0.717, 1.165) is 18.6 Å². The van der Waals surface area contributed by atoms with E-state index in [9.17, 15) is 17.2 Å². The topological polar surface area (TPSA) is 37.4 Å². The fourth-order valence-corrected chi connectivity index (χ4v) is 4.46. The van der Waals surface area contributed by atoms with Gasteiger partial charge in [-0.3, -0.25) is 0 Å². The van der Waals surface area contributed by atoms with E-state index in [0.29, 0.717) is 19.5 Å². The zero-order chi connectivity index (χ0) is 15.1. The predicted octanol–water partition coefficient (Wildman–Crippen LogP) is 3.54. The van der Waals surface area contributed by atoms with E-state index >= 15 is 0 Å². The number of piperidine rings is 1. The van der Waals surface area contributed by atoms with Gasteiger partial charge in [0.15, 0.2) is 0 Å². The minimum atomic E-state index is -4.01. The maximum Gasteiger partial charge on any atom is 0.246 e. The van der Waals surface area contributed by atoms with Gasteiger partial charge in [-0.1, -0.05) is 13.8 Å². The van der Waals surface area contributed by atoms with Crippen LogP contribution in [-0.2, 0) is 10.0 Å². The SMILES string of the molecule is CC1(C)CCCN(S(=O)(=O)c2cc(F)c(Br)cc2F)C1. The van der Waals surface area contributed by atoms with Crippen molar-refractivity contribution in [2.75, 3.05) is 13.1 Å². The summed E-state index contributed by atoms with van der Waals surface area (Å²) in [4.78, 5) is -0.601. The van der Waals surface area contributed by atoms with Gasteiger partial charge in [-0.05, 0) is 46.3 Å². The molecule has 2 rings (SSSR count). The molecule has 0 spiro atoms. The Bertz CT molecular complexity index is 632. The predicted molar refractivity (Wildman–Crippen MR) is 75.8 cm³/mol. The highest BCUT2D eigenvalue weighted by Crippen LogP contribution is 2.33. The Morgan fingerprint density at radius 1 is 1.25 bits per heavy atom. The van der Waals surface area contributed by atoms with Crippen LogP contribution in [0.1, 0.15) is 26.7 Å². The molecule has 3 nitrogen and oxygen atoms in total. The van der Waals surface area contributed by atoms with Crippen LogP contribution in [-0.4, -0.2) is 25.8 Å². The van der Waals surface area contributed by atoms with Crippen molar-refractivity contribution in [3.05, 3.63) is 28.2 Å². The maximum atomic E-state index is 13.9. The summed E-state index contributed by atoms with van der Waals surface area (Å²) in [5.41, 5.74) is -0.157. The minimum Gasteiger partial charge on any atom is -0.207 e. The highest BCUT2D eigenvalue weighted by atomic mass is 79.9. The number of hydrogen-bond acceptors (Lipinski definition) is 2. The largest absolute Gasteiger partial charge is 0.246 e. The smallest absolute Gasteiger partial charge is 0.207 e. The average molecular weight is 368 g/mol. The van der Waals surface area contributed by atoms with Crippen LogP contribution < -0.4 is 0 Å². The number of benzene rings is 1. The lowest BCUT2D eigenvalue weighted by molar-refractivity contribution is 0.186. The highest BCUT2D eigenvalue weighted by Gasteiger charge is 2.35. The highest BCUT2D eigenvalue weighted by molar-refractivity contribution is 9.10. The van der Waals surface area contributed by atoms with Crippen molar-refractivity contribution in [2.45, 2.75) is 31.6 Å². The molecule has 0 amide bonds. The quantitative estimate of drug-likeness (QED) is 0.749. The molecule has 0 bridgehead atoms. The molecule has 1 heterocycles. The molecule has 0 aromatic heterocycles. The van der Waals surface area contributed by atoms with Crippen LogP contribution in [0.25, 0.3) is 0 Å². The second-order valence-corrected chi connectivity index (χ2v) is 8.56. The summed E-state index contributed by atoms with van der Waals surface area (Å²) in [7, 11) is -4.01. The molecular formula is C13H16BrF2NO2S. The van der Waals surface area contributed by atoms with Crippen molar-refractivity contribution in [3.63, 3.8) is 0 Å². The van der Waals surface area contributed by atoms with E-state index in [2.05, 4.69) is 15.9 Å². The van der Waals surface area contributed by atoms with Crippen LogP contribution in [0.15, 0.2) is 21.5 Å². The van der Waals surface area contributed by atoms with Crippen LogP contribution in [0.5, 0.6) is 0 Å². The van der Waals surface area contributed by atoms with Gasteiger partial charge in [0.1, 0.15) is 16.5 Å². The van der Waals surface area contributed by atoms with E-state index in [1.807, 2.05) is 13.8 Å². The lowest BCUT2D eigenvalue weighted by atomic mass is 9.85. The molecule has 1 fully saturated rings. The van der Waals surface area contributed by atoms with Crippen LogP contribution >= 0.6 is 15.9 Å². The first-order valence-corrected chi connectivity index (χ1v) is 8.51. The Morgan fingerprint density at radius 2 is 1.90 bits per heavy atom. The van der Waals surface area contributed by atoms with Crippen molar-refractivity contribution in [3.8, 4) is 0 Å². The number of halogens is 3. The molecule has 1 saturated heterocycles. The molecule has 1 aromatic carbocycles. The first-order chi connectivity index (χ1) is 9.13. The van der Waals surface area contributed by atoms with Gasteiger partial charge in [-0.25, -0.2) is 17.2 Å². The zero-order valence-electron chi connectivity index (χ0n) is 11.3. The molecule has 0 radical (unpaired) electrons. The van der Waals surface area contributed by atoms with Gasteiger partial charge >= 0.3 is 0 Å². The molecule has 0 aliphatic carbocycles. The van der Waals surface area contributed by atoms with Crippen LogP contribution in [0.2, 0.25) is 0 Å². The minimum absolute atomic E-state index is 0.0899. The van der Waals surface area contributed by atoms with Crippen LogP contribution in [0.4, 0.5) is 8.78 Å². The molecule has 1 aromatic rings. The second kappa shape index (κ2) is 5.35. The van der Waals surface area contributed by atoms with E-state index in [-0.39, 0.29) is 9.89 Å². The summed E-state index contributed by atoms with van der Waals surface area (Å²) < 4.78 is 53.5. The van der Waals surface area contributed by atoms with E-state index in [1.165, 1.54) is 4.31 Å². The average Bonchev–Trinajstić information content (AvgIpc) is 2.32. The Morgan fingerprint density at radius 3 is 2.50 bits per heavy atom. The molecule has 20 heavy (non-hydrogen) atoms. The third-order valence-electron chi connectivity index (χ3n) is 3.46. The summed E-state index contributed by atoms with van der Waals surface area (Å²) in [5.74, 6) is -1.73. The fourth-order valence-electron chi connectivity index (χ4n) is 2.42. The summed E-state index contributed by atoms with van der Waals surface area (Å²) in [6.45, 7) is 4.58. The Kier molecular flexibility index (Phi) is 4.24. The standard InChI is InChI=1S/C13H16BrF2NO2S/c1-13(2)4-3-5-17(8-13)20(18,19)12-7-10(15)9(14)6-11(12)16/h6-7H,3-5,8H2,1-2H3. The number of hydrogen-bond donors (Lipinski definition) is 0.